The van der Waals surface area contributed by atoms with Crippen molar-refractivity contribution in [1.29, 1.82) is 0 Å². The molecule has 2 rings (SSSR count). The van der Waals surface area contributed by atoms with Gasteiger partial charge >= 0.3 is 0 Å². The molecule has 1 heterocycles. The van der Waals surface area contributed by atoms with Gasteiger partial charge in [0.25, 0.3) is 5.56 Å². The van der Waals surface area contributed by atoms with Crippen LogP contribution in [0.15, 0.2) is 44.9 Å². The highest BCUT2D eigenvalue weighted by Crippen LogP contribution is 2.32. The molecular weight excluding hydrogens is 270 g/mol. The summed E-state index contributed by atoms with van der Waals surface area (Å²) in [5.41, 5.74) is 0.519. The van der Waals surface area contributed by atoms with Crippen molar-refractivity contribution in [3.05, 3.63) is 51.4 Å². The topological polar surface area (TPSA) is 42.2 Å². The highest BCUT2D eigenvalue weighted by molar-refractivity contribution is 7.99. The number of hydrogen-bond donors (Lipinski definition) is 1. The number of nitrogens with zero attached hydrogens (tertiary/aromatic N) is 1. The average Bonchev–Trinajstić information content (AvgIpc) is 2.34. The predicted molar refractivity (Wildman–Crippen MR) is 73.7 cm³/mol. The molecule has 1 N–H and O–H groups in total. The van der Waals surface area contributed by atoms with Gasteiger partial charge in [0.15, 0.2) is 0 Å². The summed E-state index contributed by atoms with van der Waals surface area (Å²) in [7, 11) is 1.68. The van der Waals surface area contributed by atoms with E-state index in [-0.39, 0.29) is 11.3 Å². The fourth-order valence-corrected chi connectivity index (χ4v) is 2.52. The second-order valence-electron chi connectivity index (χ2n) is 3.92. The maximum atomic E-state index is 12.0. The molecule has 1 aromatic heterocycles. The van der Waals surface area contributed by atoms with E-state index >= 15 is 0 Å². The third-order valence-electron chi connectivity index (χ3n) is 2.64. The summed E-state index contributed by atoms with van der Waals surface area (Å²) in [5.74, 6) is 0.00977. The van der Waals surface area contributed by atoms with Crippen molar-refractivity contribution in [2.75, 3.05) is 0 Å². The first-order valence-electron chi connectivity index (χ1n) is 5.32. The Bertz CT molecular complexity index is 635. The van der Waals surface area contributed by atoms with E-state index in [0.29, 0.717) is 9.92 Å². The number of benzene rings is 1. The Hall–Kier alpha value is -1.39. The van der Waals surface area contributed by atoms with E-state index in [1.54, 1.807) is 32.2 Å². The van der Waals surface area contributed by atoms with Gasteiger partial charge in [0.1, 0.15) is 10.6 Å². The molecule has 2 aromatic rings. The summed E-state index contributed by atoms with van der Waals surface area (Å²) in [4.78, 5) is 13.2. The van der Waals surface area contributed by atoms with Gasteiger partial charge in [-0.1, -0.05) is 23.4 Å². The second kappa shape index (κ2) is 5.08. The van der Waals surface area contributed by atoms with Gasteiger partial charge in [0.2, 0.25) is 0 Å². The minimum Gasteiger partial charge on any atom is -0.506 e. The number of hydrogen-bond acceptors (Lipinski definition) is 3. The molecule has 0 unspecified atom stereocenters. The molecule has 94 valence electrons. The van der Waals surface area contributed by atoms with Crippen LogP contribution in [0, 0.1) is 6.92 Å². The Balaban J connectivity index is 2.44. The van der Waals surface area contributed by atoms with Crippen molar-refractivity contribution < 1.29 is 5.11 Å². The predicted octanol–water partition coefficient (Wildman–Crippen LogP) is 3.20. The first-order valence-corrected chi connectivity index (χ1v) is 6.51. The van der Waals surface area contributed by atoms with Crippen LogP contribution >= 0.6 is 23.4 Å². The summed E-state index contributed by atoms with van der Waals surface area (Å²) in [5, 5.41) is 10.5. The van der Waals surface area contributed by atoms with E-state index in [4.69, 9.17) is 11.6 Å². The van der Waals surface area contributed by atoms with E-state index in [0.717, 1.165) is 10.6 Å². The van der Waals surface area contributed by atoms with E-state index in [9.17, 15) is 9.90 Å². The van der Waals surface area contributed by atoms with Crippen molar-refractivity contribution >= 4 is 23.4 Å². The first kappa shape index (κ1) is 13.1. The molecular formula is C13H12ClNO2S. The largest absolute Gasteiger partial charge is 0.506 e. The van der Waals surface area contributed by atoms with E-state index in [1.807, 2.05) is 12.1 Å². The standard InChI is InChI=1S/C13H12ClNO2S/c1-8-7-11(16)12(13(17)15(8)2)18-10-5-3-9(14)4-6-10/h3-7,16H,1-2H3. The fourth-order valence-electron chi connectivity index (χ4n) is 1.50. The van der Waals surface area contributed by atoms with Gasteiger partial charge in [-0.05, 0) is 31.2 Å². The van der Waals surface area contributed by atoms with Crippen molar-refractivity contribution in [2.24, 2.45) is 7.05 Å². The van der Waals surface area contributed by atoms with Gasteiger partial charge in [-0.15, -0.1) is 0 Å². The lowest BCUT2D eigenvalue weighted by Gasteiger charge is -2.09. The van der Waals surface area contributed by atoms with Gasteiger partial charge in [0.05, 0.1) is 0 Å². The minimum absolute atomic E-state index is 0.00977. The van der Waals surface area contributed by atoms with Crippen LogP contribution in [0.2, 0.25) is 5.02 Å². The van der Waals surface area contributed by atoms with Crippen LogP contribution in [-0.4, -0.2) is 9.67 Å². The molecule has 3 nitrogen and oxygen atoms in total. The zero-order valence-electron chi connectivity index (χ0n) is 9.98. The van der Waals surface area contributed by atoms with Crippen molar-refractivity contribution in [3.8, 4) is 5.75 Å². The Labute approximate surface area is 114 Å². The van der Waals surface area contributed by atoms with Crippen LogP contribution < -0.4 is 5.56 Å². The number of aromatic nitrogens is 1. The molecule has 5 heteroatoms. The summed E-state index contributed by atoms with van der Waals surface area (Å²) in [6, 6.07) is 8.70. The number of aryl methyl sites for hydroxylation is 1. The quantitative estimate of drug-likeness (QED) is 0.919. The Kier molecular flexibility index (Phi) is 3.68. The zero-order valence-corrected chi connectivity index (χ0v) is 11.5. The Morgan fingerprint density at radius 3 is 2.50 bits per heavy atom. The minimum atomic E-state index is -0.201. The van der Waals surface area contributed by atoms with Gasteiger partial charge in [0, 0.05) is 28.7 Å². The molecule has 0 aliphatic rings. The first-order chi connectivity index (χ1) is 8.49. The molecule has 0 amide bonds. The summed E-state index contributed by atoms with van der Waals surface area (Å²) < 4.78 is 1.51. The lowest BCUT2D eigenvalue weighted by molar-refractivity contribution is 0.455. The molecule has 0 spiro atoms. The molecule has 0 saturated carbocycles. The number of aromatic hydroxyl groups is 1. The molecule has 0 bridgehead atoms. The van der Waals surface area contributed by atoms with Crippen LogP contribution in [0.25, 0.3) is 0 Å². The van der Waals surface area contributed by atoms with E-state index in [1.165, 1.54) is 16.3 Å². The zero-order chi connectivity index (χ0) is 13.3. The normalized spacial score (nSPS) is 10.6. The van der Waals surface area contributed by atoms with Gasteiger partial charge < -0.3 is 9.67 Å². The molecule has 0 fully saturated rings. The molecule has 0 aliphatic carbocycles. The molecule has 0 radical (unpaired) electrons. The second-order valence-corrected chi connectivity index (χ2v) is 5.44. The lowest BCUT2D eigenvalue weighted by atomic mass is 10.3. The third-order valence-corrected chi connectivity index (χ3v) is 3.99. The van der Waals surface area contributed by atoms with Crippen LogP contribution in [0.5, 0.6) is 5.75 Å². The molecule has 0 atom stereocenters. The lowest BCUT2D eigenvalue weighted by Crippen LogP contribution is -2.20. The highest BCUT2D eigenvalue weighted by Gasteiger charge is 2.11. The molecule has 0 saturated heterocycles. The maximum absolute atomic E-state index is 12.0. The molecule has 0 aliphatic heterocycles. The number of halogens is 1. The van der Waals surface area contributed by atoms with E-state index < -0.39 is 0 Å². The maximum Gasteiger partial charge on any atom is 0.268 e. The van der Waals surface area contributed by atoms with Crippen molar-refractivity contribution in [2.45, 2.75) is 16.7 Å². The summed E-state index contributed by atoms with van der Waals surface area (Å²) in [6.07, 6.45) is 0. The highest BCUT2D eigenvalue weighted by atomic mass is 35.5. The Morgan fingerprint density at radius 1 is 1.28 bits per heavy atom. The van der Waals surface area contributed by atoms with Gasteiger partial charge in [-0.2, -0.15) is 0 Å². The SMILES string of the molecule is Cc1cc(O)c(Sc2ccc(Cl)cc2)c(=O)n1C. The third kappa shape index (κ3) is 2.54. The van der Waals surface area contributed by atoms with Crippen LogP contribution in [0.1, 0.15) is 5.69 Å². The van der Waals surface area contributed by atoms with Crippen LogP contribution in [0.3, 0.4) is 0 Å². The van der Waals surface area contributed by atoms with Crippen molar-refractivity contribution in [1.82, 2.24) is 4.57 Å². The van der Waals surface area contributed by atoms with Crippen LogP contribution in [0.4, 0.5) is 0 Å². The molecule has 18 heavy (non-hydrogen) atoms. The smallest absolute Gasteiger partial charge is 0.268 e. The number of pyridine rings is 1. The summed E-state index contributed by atoms with van der Waals surface area (Å²) >= 11 is 7.03. The number of rotatable bonds is 2. The van der Waals surface area contributed by atoms with Crippen molar-refractivity contribution in [3.63, 3.8) is 0 Å². The average molecular weight is 282 g/mol. The Morgan fingerprint density at radius 2 is 1.89 bits per heavy atom. The summed E-state index contributed by atoms with van der Waals surface area (Å²) in [6.45, 7) is 1.78. The van der Waals surface area contributed by atoms with Crippen LogP contribution in [-0.2, 0) is 7.05 Å². The van der Waals surface area contributed by atoms with Gasteiger partial charge in [-0.25, -0.2) is 0 Å². The van der Waals surface area contributed by atoms with Gasteiger partial charge in [-0.3, -0.25) is 4.79 Å². The fraction of sp³-hybridized carbons (Fsp3) is 0.154. The monoisotopic (exact) mass is 281 g/mol. The molecule has 1 aromatic carbocycles. The van der Waals surface area contributed by atoms with E-state index in [2.05, 4.69) is 0 Å².